The third-order valence-corrected chi connectivity index (χ3v) is 3.70. The number of methoxy groups -OCH3 is 1. The van der Waals surface area contributed by atoms with E-state index in [1.807, 2.05) is 0 Å². The third-order valence-electron chi connectivity index (χ3n) is 2.67. The lowest BCUT2D eigenvalue weighted by molar-refractivity contribution is -0.0498. The predicted octanol–water partition coefficient (Wildman–Crippen LogP) is 3.09. The molecule has 0 saturated heterocycles. The number of carbonyl (C=O) groups excluding carboxylic acids is 2. The number of carbonyl (C=O) groups is 2. The standard InChI is InChI=1S/C14H12F2N2O4S/c1-7-5-9(22-14(15)16)11(23-7)12(19)18-10-6-8(3-4-17-10)13(20)21-2/h3-6,14H,1-2H3,(H,17,18,19). The number of thiophene rings is 1. The van der Waals surface area contributed by atoms with Gasteiger partial charge in [-0.3, -0.25) is 4.79 Å². The van der Waals surface area contributed by atoms with E-state index in [0.29, 0.717) is 4.88 Å². The van der Waals surface area contributed by atoms with Crippen LogP contribution in [0.2, 0.25) is 0 Å². The number of esters is 1. The van der Waals surface area contributed by atoms with E-state index in [1.54, 1.807) is 6.92 Å². The number of hydrogen-bond acceptors (Lipinski definition) is 6. The zero-order chi connectivity index (χ0) is 17.0. The summed E-state index contributed by atoms with van der Waals surface area (Å²) in [5, 5.41) is 2.43. The highest BCUT2D eigenvalue weighted by atomic mass is 32.1. The topological polar surface area (TPSA) is 77.5 Å². The number of rotatable bonds is 5. The molecule has 0 aliphatic rings. The molecule has 1 amide bonds. The molecule has 122 valence electrons. The molecule has 2 aromatic rings. The van der Waals surface area contributed by atoms with Crippen LogP contribution in [0.1, 0.15) is 24.9 Å². The summed E-state index contributed by atoms with van der Waals surface area (Å²) in [5.41, 5.74) is 0.198. The fourth-order valence-electron chi connectivity index (χ4n) is 1.75. The van der Waals surface area contributed by atoms with Gasteiger partial charge in [-0.05, 0) is 25.1 Å². The number of halogens is 2. The van der Waals surface area contributed by atoms with E-state index in [0.717, 1.165) is 11.3 Å². The molecule has 2 aromatic heterocycles. The molecule has 23 heavy (non-hydrogen) atoms. The van der Waals surface area contributed by atoms with E-state index < -0.39 is 18.5 Å². The zero-order valence-corrected chi connectivity index (χ0v) is 12.9. The molecule has 0 atom stereocenters. The molecule has 2 rings (SSSR count). The quantitative estimate of drug-likeness (QED) is 0.845. The van der Waals surface area contributed by atoms with E-state index in [2.05, 4.69) is 19.8 Å². The molecule has 0 aliphatic carbocycles. The summed E-state index contributed by atoms with van der Waals surface area (Å²) in [6.45, 7) is -1.37. The molecule has 2 heterocycles. The number of ether oxygens (including phenoxy) is 2. The van der Waals surface area contributed by atoms with Crippen LogP contribution in [0.15, 0.2) is 24.4 Å². The van der Waals surface area contributed by atoms with Crippen LogP contribution in [0, 0.1) is 6.92 Å². The Hall–Kier alpha value is -2.55. The molecule has 0 bridgehead atoms. The predicted molar refractivity (Wildman–Crippen MR) is 79.2 cm³/mol. The fraction of sp³-hybridized carbons (Fsp3) is 0.214. The Morgan fingerprint density at radius 3 is 2.74 bits per heavy atom. The lowest BCUT2D eigenvalue weighted by Gasteiger charge is -2.07. The summed E-state index contributed by atoms with van der Waals surface area (Å²) in [6.07, 6.45) is 1.32. The molecule has 0 radical (unpaired) electrons. The van der Waals surface area contributed by atoms with Gasteiger partial charge in [0.2, 0.25) is 0 Å². The SMILES string of the molecule is COC(=O)c1ccnc(NC(=O)c2sc(C)cc2OC(F)F)c1. The van der Waals surface area contributed by atoms with Crippen molar-refractivity contribution in [3.63, 3.8) is 0 Å². The van der Waals surface area contributed by atoms with Crippen molar-refractivity contribution in [3.05, 3.63) is 39.7 Å². The normalized spacial score (nSPS) is 10.5. The van der Waals surface area contributed by atoms with Crippen LogP contribution in [0.5, 0.6) is 5.75 Å². The van der Waals surface area contributed by atoms with Gasteiger partial charge < -0.3 is 14.8 Å². The number of aryl methyl sites for hydroxylation is 1. The van der Waals surface area contributed by atoms with E-state index in [-0.39, 0.29) is 22.0 Å². The van der Waals surface area contributed by atoms with Gasteiger partial charge in [-0.15, -0.1) is 11.3 Å². The summed E-state index contributed by atoms with van der Waals surface area (Å²) in [5.74, 6) is -1.36. The van der Waals surface area contributed by atoms with Gasteiger partial charge >= 0.3 is 12.6 Å². The highest BCUT2D eigenvalue weighted by Crippen LogP contribution is 2.30. The first-order valence-corrected chi connectivity index (χ1v) is 7.13. The molecule has 1 N–H and O–H groups in total. The first-order valence-electron chi connectivity index (χ1n) is 6.31. The lowest BCUT2D eigenvalue weighted by atomic mass is 10.2. The third kappa shape index (κ3) is 4.22. The Bertz CT molecular complexity index is 733. The second kappa shape index (κ2) is 7.14. The van der Waals surface area contributed by atoms with Crippen LogP contribution in [0.25, 0.3) is 0 Å². The van der Waals surface area contributed by atoms with Crippen LogP contribution in [0.4, 0.5) is 14.6 Å². The van der Waals surface area contributed by atoms with Crippen LogP contribution >= 0.6 is 11.3 Å². The maximum absolute atomic E-state index is 12.4. The highest BCUT2D eigenvalue weighted by molar-refractivity contribution is 7.14. The molecular formula is C14H12F2N2O4S. The van der Waals surface area contributed by atoms with E-state index in [4.69, 9.17) is 0 Å². The second-order valence-electron chi connectivity index (χ2n) is 4.30. The largest absolute Gasteiger partial charge is 0.465 e. The van der Waals surface area contributed by atoms with Gasteiger partial charge in [0.05, 0.1) is 12.7 Å². The molecule has 0 aliphatic heterocycles. The van der Waals surface area contributed by atoms with Gasteiger partial charge in [-0.2, -0.15) is 8.78 Å². The Morgan fingerprint density at radius 1 is 1.35 bits per heavy atom. The molecule has 0 aromatic carbocycles. The van der Waals surface area contributed by atoms with Crippen molar-refractivity contribution in [2.24, 2.45) is 0 Å². The Balaban J connectivity index is 2.21. The summed E-state index contributed by atoms with van der Waals surface area (Å²) >= 11 is 1.01. The van der Waals surface area contributed by atoms with Gasteiger partial charge in [-0.1, -0.05) is 0 Å². The van der Waals surface area contributed by atoms with Crippen LogP contribution in [0.3, 0.4) is 0 Å². The van der Waals surface area contributed by atoms with Crippen molar-refractivity contribution in [1.29, 1.82) is 0 Å². The van der Waals surface area contributed by atoms with Crippen LogP contribution < -0.4 is 10.1 Å². The van der Waals surface area contributed by atoms with Crippen molar-refractivity contribution in [1.82, 2.24) is 4.98 Å². The lowest BCUT2D eigenvalue weighted by Crippen LogP contribution is -2.14. The number of nitrogens with one attached hydrogen (secondary N) is 1. The summed E-state index contributed by atoms with van der Waals surface area (Å²) < 4.78 is 33.6. The maximum atomic E-state index is 12.4. The van der Waals surface area contributed by atoms with Gasteiger partial charge in [0.25, 0.3) is 5.91 Å². The summed E-state index contributed by atoms with van der Waals surface area (Å²) in [4.78, 5) is 28.2. The molecule has 6 nitrogen and oxygen atoms in total. The van der Waals surface area contributed by atoms with Gasteiger partial charge in [0.1, 0.15) is 16.4 Å². The summed E-state index contributed by atoms with van der Waals surface area (Å²) in [7, 11) is 1.23. The zero-order valence-electron chi connectivity index (χ0n) is 12.1. The van der Waals surface area contributed by atoms with Crippen molar-refractivity contribution in [2.45, 2.75) is 13.5 Å². The van der Waals surface area contributed by atoms with Crippen LogP contribution in [-0.2, 0) is 4.74 Å². The monoisotopic (exact) mass is 342 g/mol. The maximum Gasteiger partial charge on any atom is 0.387 e. The molecule has 0 unspecified atom stereocenters. The van der Waals surface area contributed by atoms with Gasteiger partial charge in [-0.25, -0.2) is 9.78 Å². The number of pyridine rings is 1. The Morgan fingerprint density at radius 2 is 2.09 bits per heavy atom. The number of alkyl halides is 2. The number of nitrogens with zero attached hydrogens (tertiary/aromatic N) is 1. The average molecular weight is 342 g/mol. The molecule has 0 fully saturated rings. The van der Waals surface area contributed by atoms with Gasteiger partial charge in [0, 0.05) is 11.1 Å². The highest BCUT2D eigenvalue weighted by Gasteiger charge is 2.20. The van der Waals surface area contributed by atoms with E-state index >= 15 is 0 Å². The average Bonchev–Trinajstić information content (AvgIpc) is 2.86. The van der Waals surface area contributed by atoms with E-state index in [1.165, 1.54) is 31.5 Å². The first-order chi connectivity index (χ1) is 10.9. The minimum atomic E-state index is -3.03. The van der Waals surface area contributed by atoms with Crippen LogP contribution in [-0.4, -0.2) is 30.6 Å². The molecule has 0 spiro atoms. The first kappa shape index (κ1) is 16.8. The minimum Gasteiger partial charge on any atom is -0.465 e. The smallest absolute Gasteiger partial charge is 0.387 e. The van der Waals surface area contributed by atoms with Crippen molar-refractivity contribution in [3.8, 4) is 5.75 Å². The number of amides is 1. The van der Waals surface area contributed by atoms with Crippen molar-refractivity contribution >= 4 is 29.0 Å². The van der Waals surface area contributed by atoms with Crippen molar-refractivity contribution in [2.75, 3.05) is 12.4 Å². The molecular weight excluding hydrogens is 330 g/mol. The van der Waals surface area contributed by atoms with Crippen molar-refractivity contribution < 1.29 is 27.8 Å². The minimum absolute atomic E-state index is 0.00642. The molecule has 9 heteroatoms. The molecule has 0 saturated carbocycles. The second-order valence-corrected chi connectivity index (χ2v) is 5.56. The van der Waals surface area contributed by atoms with E-state index in [9.17, 15) is 18.4 Å². The fourth-order valence-corrected chi connectivity index (χ4v) is 2.59. The number of aromatic nitrogens is 1. The number of hydrogen-bond donors (Lipinski definition) is 1. The Labute approximate surface area is 134 Å². The summed E-state index contributed by atoms with van der Waals surface area (Å²) in [6, 6.07) is 4.09. The Kier molecular flexibility index (Phi) is 5.22. The number of anilines is 1. The van der Waals surface area contributed by atoms with Gasteiger partial charge in [0.15, 0.2) is 0 Å².